The summed E-state index contributed by atoms with van der Waals surface area (Å²) in [7, 11) is 0. The highest BCUT2D eigenvalue weighted by Gasteiger charge is 2.19. The number of carbonyl (C=O) groups is 2. The van der Waals surface area contributed by atoms with Crippen molar-refractivity contribution in [3.8, 4) is 16.9 Å². The third-order valence-corrected chi connectivity index (χ3v) is 6.41. The van der Waals surface area contributed by atoms with Crippen molar-refractivity contribution in [1.82, 2.24) is 0 Å². The van der Waals surface area contributed by atoms with Crippen LogP contribution in [0.1, 0.15) is 69.2 Å². The maximum atomic E-state index is 12.2. The van der Waals surface area contributed by atoms with E-state index in [0.29, 0.717) is 16.9 Å². The first-order valence-electron chi connectivity index (χ1n) is 14.3. The van der Waals surface area contributed by atoms with E-state index < -0.39 is 18.0 Å². The Morgan fingerprint density at radius 2 is 1.32 bits per heavy atom. The first-order valence-corrected chi connectivity index (χ1v) is 14.3. The number of hydrogen-bond acceptors (Lipinski definition) is 7. The average molecular weight is 557 g/mol. The van der Waals surface area contributed by atoms with Gasteiger partial charge in [0.25, 0.3) is 0 Å². The summed E-state index contributed by atoms with van der Waals surface area (Å²) < 4.78 is 15.9. The van der Waals surface area contributed by atoms with Crippen LogP contribution >= 0.6 is 0 Å². The van der Waals surface area contributed by atoms with Gasteiger partial charge in [-0.25, -0.2) is 9.59 Å². The molecular weight excluding hydrogens is 516 g/mol. The van der Waals surface area contributed by atoms with Crippen LogP contribution in [0.4, 0.5) is 11.4 Å². The second-order valence-electron chi connectivity index (χ2n) is 9.66. The molecule has 3 rings (SSSR count). The van der Waals surface area contributed by atoms with Gasteiger partial charge >= 0.3 is 11.9 Å². The molecule has 3 aromatic rings. The molecule has 0 saturated heterocycles. The van der Waals surface area contributed by atoms with Crippen LogP contribution < -0.4 is 4.74 Å². The molecule has 3 aromatic carbocycles. The second kappa shape index (κ2) is 17.4. The highest BCUT2D eigenvalue weighted by Crippen LogP contribution is 2.26. The number of azo groups is 1. The second-order valence-corrected chi connectivity index (χ2v) is 9.66. The molecule has 0 aliphatic rings. The Labute approximate surface area is 243 Å². The molecule has 7 heteroatoms. The van der Waals surface area contributed by atoms with Gasteiger partial charge in [-0.05, 0) is 92.8 Å². The molecule has 216 valence electrons. The van der Waals surface area contributed by atoms with Gasteiger partial charge in [0, 0.05) is 0 Å². The van der Waals surface area contributed by atoms with Gasteiger partial charge in [-0.3, -0.25) is 0 Å². The molecule has 41 heavy (non-hydrogen) atoms. The van der Waals surface area contributed by atoms with E-state index in [1.165, 1.54) is 39.0 Å². The van der Waals surface area contributed by atoms with Crippen LogP contribution in [0.3, 0.4) is 0 Å². The molecular formula is C34H40N2O5. The summed E-state index contributed by atoms with van der Waals surface area (Å²) in [5.74, 6) is -0.297. The summed E-state index contributed by atoms with van der Waals surface area (Å²) in [6, 6.07) is 22.5. The lowest BCUT2D eigenvalue weighted by Gasteiger charge is -2.11. The Kier molecular flexibility index (Phi) is 13.3. The van der Waals surface area contributed by atoms with Crippen LogP contribution in [0.25, 0.3) is 11.1 Å². The summed E-state index contributed by atoms with van der Waals surface area (Å²) in [5, 5.41) is 8.54. The van der Waals surface area contributed by atoms with Crippen molar-refractivity contribution in [3.63, 3.8) is 0 Å². The van der Waals surface area contributed by atoms with Gasteiger partial charge in [-0.2, -0.15) is 10.2 Å². The Bertz CT molecular complexity index is 1250. The Morgan fingerprint density at radius 3 is 1.90 bits per heavy atom. The van der Waals surface area contributed by atoms with Crippen molar-refractivity contribution in [2.75, 3.05) is 13.2 Å². The van der Waals surface area contributed by atoms with E-state index in [2.05, 4.69) is 28.9 Å². The quantitative estimate of drug-likeness (QED) is 0.0716. The normalized spacial score (nSPS) is 11.7. The van der Waals surface area contributed by atoms with Gasteiger partial charge in [-0.15, -0.1) is 6.58 Å². The van der Waals surface area contributed by atoms with Crippen molar-refractivity contribution in [2.24, 2.45) is 10.2 Å². The predicted octanol–water partition coefficient (Wildman–Crippen LogP) is 9.17. The number of unbranched alkanes of at least 4 members (excludes halogenated alkanes) is 6. The molecule has 0 aliphatic heterocycles. The fourth-order valence-corrected chi connectivity index (χ4v) is 4.07. The van der Waals surface area contributed by atoms with Gasteiger partial charge in [0.2, 0.25) is 0 Å². The Morgan fingerprint density at radius 1 is 0.780 bits per heavy atom. The molecule has 0 bridgehead atoms. The van der Waals surface area contributed by atoms with Crippen LogP contribution in [-0.2, 0) is 14.3 Å². The zero-order valence-electron chi connectivity index (χ0n) is 24.1. The van der Waals surface area contributed by atoms with Gasteiger partial charge in [-0.1, -0.05) is 56.0 Å². The van der Waals surface area contributed by atoms with Crippen molar-refractivity contribution in [2.45, 2.75) is 64.9 Å². The van der Waals surface area contributed by atoms with E-state index >= 15 is 0 Å². The predicted molar refractivity (Wildman–Crippen MR) is 162 cm³/mol. The van der Waals surface area contributed by atoms with Crippen molar-refractivity contribution in [3.05, 3.63) is 91.0 Å². The van der Waals surface area contributed by atoms with Gasteiger partial charge in [0.1, 0.15) is 5.75 Å². The first-order chi connectivity index (χ1) is 20.0. The summed E-state index contributed by atoms with van der Waals surface area (Å²) in [6.07, 6.45) is 9.49. The van der Waals surface area contributed by atoms with E-state index in [0.717, 1.165) is 36.3 Å². The molecule has 0 spiro atoms. The number of nitrogens with zero attached hydrogens (tertiary/aromatic N) is 2. The van der Waals surface area contributed by atoms with Gasteiger partial charge in [0.15, 0.2) is 6.10 Å². The minimum absolute atomic E-state index is 0.226. The molecule has 0 saturated carbocycles. The Hall–Kier alpha value is -4.26. The van der Waals surface area contributed by atoms with E-state index in [-0.39, 0.29) is 6.61 Å². The zero-order valence-corrected chi connectivity index (χ0v) is 24.1. The van der Waals surface area contributed by atoms with Crippen molar-refractivity contribution in [1.29, 1.82) is 0 Å². The Balaban J connectivity index is 1.43. The third-order valence-electron chi connectivity index (χ3n) is 6.41. The minimum atomic E-state index is -0.974. The largest absolute Gasteiger partial charge is 0.494 e. The molecule has 0 radical (unpaired) electrons. The summed E-state index contributed by atoms with van der Waals surface area (Å²) in [6.45, 7) is 7.91. The number of carbonyl (C=O) groups excluding carboxylic acids is 2. The number of hydrogen-bond donors (Lipinski definition) is 0. The highest BCUT2D eigenvalue weighted by atomic mass is 16.6. The molecule has 0 N–H and O–H groups in total. The maximum Gasteiger partial charge on any atom is 0.347 e. The molecule has 0 fully saturated rings. The topological polar surface area (TPSA) is 86.5 Å². The number of ether oxygens (including phenoxy) is 3. The smallest absolute Gasteiger partial charge is 0.347 e. The van der Waals surface area contributed by atoms with Crippen LogP contribution in [0.5, 0.6) is 5.75 Å². The van der Waals surface area contributed by atoms with Crippen LogP contribution in [0, 0.1) is 0 Å². The van der Waals surface area contributed by atoms with Gasteiger partial charge < -0.3 is 14.2 Å². The van der Waals surface area contributed by atoms with E-state index in [9.17, 15) is 9.59 Å². The van der Waals surface area contributed by atoms with Gasteiger partial charge in [0.05, 0.1) is 30.2 Å². The van der Waals surface area contributed by atoms with E-state index in [1.807, 2.05) is 42.5 Å². The highest BCUT2D eigenvalue weighted by molar-refractivity contribution is 5.91. The van der Waals surface area contributed by atoms with Crippen molar-refractivity contribution < 1.29 is 23.8 Å². The molecule has 0 aromatic heterocycles. The molecule has 0 amide bonds. The number of rotatable bonds is 17. The first kappa shape index (κ1) is 31.3. The monoisotopic (exact) mass is 556 g/mol. The van der Waals surface area contributed by atoms with Crippen LogP contribution in [-0.4, -0.2) is 31.3 Å². The van der Waals surface area contributed by atoms with Crippen molar-refractivity contribution >= 4 is 23.3 Å². The fourth-order valence-electron chi connectivity index (χ4n) is 4.07. The lowest BCUT2D eigenvalue weighted by molar-refractivity contribution is -0.152. The maximum absolute atomic E-state index is 12.2. The summed E-state index contributed by atoms with van der Waals surface area (Å²) >= 11 is 0. The molecule has 0 aliphatic carbocycles. The third kappa shape index (κ3) is 11.0. The number of benzene rings is 3. The number of esters is 2. The van der Waals surface area contributed by atoms with Crippen LogP contribution in [0.15, 0.2) is 95.7 Å². The lowest BCUT2D eigenvalue weighted by Crippen LogP contribution is -2.26. The molecule has 0 unspecified atom stereocenters. The van der Waals surface area contributed by atoms with E-state index in [1.54, 1.807) is 31.2 Å². The summed E-state index contributed by atoms with van der Waals surface area (Å²) in [4.78, 5) is 23.9. The summed E-state index contributed by atoms with van der Waals surface area (Å²) in [5.41, 5.74) is 3.78. The van der Waals surface area contributed by atoms with Crippen LogP contribution in [0.2, 0.25) is 0 Å². The molecule has 7 nitrogen and oxygen atoms in total. The standard InChI is InChI=1S/C34H40N2O5/c1-4-6-7-8-9-10-11-12-25-40-32-23-17-28(18-24-32)27-13-19-30(20-14-27)35-36-31-21-15-29(16-22-31)34(38)41-26(3)33(37)39-5-2/h4,13-24,26H,1,5-12,25H2,2-3H3/t26-/m0/s1. The van der Waals surface area contributed by atoms with E-state index in [4.69, 9.17) is 14.2 Å². The number of allylic oxidation sites excluding steroid dienone is 1. The lowest BCUT2D eigenvalue weighted by atomic mass is 10.1. The fraction of sp³-hybridized carbons (Fsp3) is 0.353. The minimum Gasteiger partial charge on any atom is -0.494 e. The molecule has 1 atom stereocenters. The molecule has 0 heterocycles. The SMILES string of the molecule is C=CCCCCCCCCOc1ccc(-c2ccc(N=Nc3ccc(C(=O)O[C@@H](C)C(=O)OCC)cc3)cc2)cc1. The average Bonchev–Trinajstić information content (AvgIpc) is 3.00. The zero-order chi connectivity index (χ0) is 29.3.